The molecule has 0 heterocycles. The van der Waals surface area contributed by atoms with Gasteiger partial charge in [0.2, 0.25) is 0 Å². The maximum Gasteiger partial charge on any atom is 0.0435 e. The number of benzene rings is 1. The van der Waals surface area contributed by atoms with E-state index in [1.54, 1.807) is 0 Å². The zero-order valence-corrected chi connectivity index (χ0v) is 11.6. The van der Waals surface area contributed by atoms with Crippen molar-refractivity contribution >= 4 is 11.8 Å². The molecule has 0 aliphatic heterocycles. The summed E-state index contributed by atoms with van der Waals surface area (Å²) in [6.07, 6.45) is 1.25. The molecule has 0 aromatic heterocycles. The van der Waals surface area contributed by atoms with Gasteiger partial charge in [-0.3, -0.25) is 0 Å². The van der Waals surface area contributed by atoms with E-state index in [1.807, 2.05) is 18.8 Å². The van der Waals surface area contributed by atoms with Gasteiger partial charge < -0.3 is 5.32 Å². The average molecular weight is 237 g/mol. The molecule has 0 radical (unpaired) electrons. The third kappa shape index (κ3) is 3.84. The molecule has 16 heavy (non-hydrogen) atoms. The van der Waals surface area contributed by atoms with Crippen LogP contribution in [0.4, 0.5) is 0 Å². The van der Waals surface area contributed by atoms with Gasteiger partial charge >= 0.3 is 0 Å². The SMILES string of the molecule is CCCSC(C)C(NC)c1ccc(C)cc1. The summed E-state index contributed by atoms with van der Waals surface area (Å²) in [5.41, 5.74) is 2.72. The van der Waals surface area contributed by atoms with Crippen LogP contribution >= 0.6 is 11.8 Å². The van der Waals surface area contributed by atoms with Crippen LogP contribution in [0.2, 0.25) is 0 Å². The van der Waals surface area contributed by atoms with Crippen molar-refractivity contribution < 1.29 is 0 Å². The summed E-state index contributed by atoms with van der Waals surface area (Å²) in [6, 6.07) is 9.31. The van der Waals surface area contributed by atoms with Crippen molar-refractivity contribution in [3.05, 3.63) is 35.4 Å². The number of nitrogens with one attached hydrogen (secondary N) is 1. The highest BCUT2D eigenvalue weighted by molar-refractivity contribution is 7.99. The molecule has 0 spiro atoms. The van der Waals surface area contributed by atoms with Gasteiger partial charge in [0.15, 0.2) is 0 Å². The third-order valence-corrected chi connectivity index (χ3v) is 4.24. The van der Waals surface area contributed by atoms with Crippen molar-refractivity contribution in [2.45, 2.75) is 38.5 Å². The molecule has 0 aliphatic rings. The minimum atomic E-state index is 0.456. The molecule has 0 amide bonds. The summed E-state index contributed by atoms with van der Waals surface area (Å²) in [4.78, 5) is 0. The van der Waals surface area contributed by atoms with E-state index < -0.39 is 0 Å². The van der Waals surface area contributed by atoms with Crippen LogP contribution in [0.15, 0.2) is 24.3 Å². The fourth-order valence-corrected chi connectivity index (χ4v) is 2.94. The minimum Gasteiger partial charge on any atom is -0.312 e. The third-order valence-electron chi connectivity index (χ3n) is 2.80. The molecular formula is C14H23NS. The molecule has 2 unspecified atom stereocenters. The lowest BCUT2D eigenvalue weighted by molar-refractivity contribution is 0.589. The van der Waals surface area contributed by atoms with Gasteiger partial charge in [0.05, 0.1) is 0 Å². The van der Waals surface area contributed by atoms with Gasteiger partial charge in [-0.05, 0) is 31.7 Å². The fraction of sp³-hybridized carbons (Fsp3) is 0.571. The molecule has 1 rings (SSSR count). The smallest absolute Gasteiger partial charge is 0.0435 e. The molecule has 0 bridgehead atoms. The number of rotatable bonds is 6. The predicted octanol–water partition coefficient (Wildman–Crippen LogP) is 3.79. The van der Waals surface area contributed by atoms with Crippen LogP contribution in [0.3, 0.4) is 0 Å². The summed E-state index contributed by atoms with van der Waals surface area (Å²) in [5.74, 6) is 1.24. The maximum absolute atomic E-state index is 3.43. The lowest BCUT2D eigenvalue weighted by Gasteiger charge is -2.23. The molecule has 1 N–H and O–H groups in total. The van der Waals surface area contributed by atoms with Crippen molar-refractivity contribution in [1.82, 2.24) is 5.32 Å². The second-order valence-electron chi connectivity index (χ2n) is 4.25. The number of aryl methyl sites for hydroxylation is 1. The van der Waals surface area contributed by atoms with E-state index in [-0.39, 0.29) is 0 Å². The highest BCUT2D eigenvalue weighted by Crippen LogP contribution is 2.26. The van der Waals surface area contributed by atoms with Crippen LogP contribution in [-0.4, -0.2) is 18.1 Å². The largest absolute Gasteiger partial charge is 0.312 e. The summed E-state index contributed by atoms with van der Waals surface area (Å²) in [6.45, 7) is 6.68. The van der Waals surface area contributed by atoms with Gasteiger partial charge in [0.1, 0.15) is 0 Å². The van der Waals surface area contributed by atoms with E-state index in [4.69, 9.17) is 0 Å². The quantitative estimate of drug-likeness (QED) is 0.808. The standard InChI is InChI=1S/C14H23NS/c1-5-10-16-12(3)14(15-4)13-8-6-11(2)7-9-13/h6-9,12,14-15H,5,10H2,1-4H3. The van der Waals surface area contributed by atoms with E-state index in [9.17, 15) is 0 Å². The lowest BCUT2D eigenvalue weighted by Crippen LogP contribution is -2.25. The maximum atomic E-state index is 3.43. The van der Waals surface area contributed by atoms with Gasteiger partial charge in [0, 0.05) is 11.3 Å². The Morgan fingerprint density at radius 2 is 1.88 bits per heavy atom. The molecule has 1 aromatic carbocycles. The fourth-order valence-electron chi connectivity index (χ4n) is 1.85. The highest BCUT2D eigenvalue weighted by Gasteiger charge is 2.17. The molecule has 0 aliphatic carbocycles. The average Bonchev–Trinajstić information content (AvgIpc) is 2.30. The number of thioether (sulfide) groups is 1. The zero-order valence-electron chi connectivity index (χ0n) is 10.8. The number of hydrogen-bond donors (Lipinski definition) is 1. The second-order valence-corrected chi connectivity index (χ2v) is 5.74. The Morgan fingerprint density at radius 3 is 2.38 bits per heavy atom. The van der Waals surface area contributed by atoms with E-state index in [2.05, 4.69) is 50.4 Å². The Kier molecular flexibility index (Phi) is 5.93. The number of hydrogen-bond acceptors (Lipinski definition) is 2. The summed E-state index contributed by atoms with van der Waals surface area (Å²) < 4.78 is 0. The van der Waals surface area contributed by atoms with Crippen LogP contribution in [0.25, 0.3) is 0 Å². The molecule has 1 nitrogen and oxygen atoms in total. The van der Waals surface area contributed by atoms with E-state index in [0.29, 0.717) is 11.3 Å². The molecule has 0 saturated carbocycles. The van der Waals surface area contributed by atoms with Crippen molar-refractivity contribution in [2.24, 2.45) is 0 Å². The molecule has 2 heteroatoms. The monoisotopic (exact) mass is 237 g/mol. The van der Waals surface area contributed by atoms with Crippen LogP contribution in [0.5, 0.6) is 0 Å². The normalized spacial score (nSPS) is 14.8. The summed E-state index contributed by atoms with van der Waals surface area (Å²) >= 11 is 2.05. The van der Waals surface area contributed by atoms with Crippen molar-refractivity contribution in [2.75, 3.05) is 12.8 Å². The Balaban J connectivity index is 2.69. The predicted molar refractivity (Wildman–Crippen MR) is 75.2 cm³/mol. The summed E-state index contributed by atoms with van der Waals surface area (Å²) in [5, 5.41) is 4.04. The minimum absolute atomic E-state index is 0.456. The topological polar surface area (TPSA) is 12.0 Å². The molecule has 90 valence electrons. The van der Waals surface area contributed by atoms with E-state index in [1.165, 1.54) is 23.3 Å². The zero-order chi connectivity index (χ0) is 12.0. The van der Waals surface area contributed by atoms with Crippen LogP contribution < -0.4 is 5.32 Å². The molecule has 0 fully saturated rings. The van der Waals surface area contributed by atoms with E-state index >= 15 is 0 Å². The molecule has 0 saturated heterocycles. The first-order valence-electron chi connectivity index (χ1n) is 6.04. The Hall–Kier alpha value is -0.470. The molecule has 2 atom stereocenters. The van der Waals surface area contributed by atoms with Crippen LogP contribution in [0.1, 0.15) is 37.4 Å². The van der Waals surface area contributed by atoms with Crippen LogP contribution in [-0.2, 0) is 0 Å². The lowest BCUT2D eigenvalue weighted by atomic mass is 10.0. The van der Waals surface area contributed by atoms with Crippen molar-refractivity contribution in [1.29, 1.82) is 0 Å². The Labute approximate surface area is 104 Å². The second kappa shape index (κ2) is 6.97. The first-order chi connectivity index (χ1) is 7.69. The van der Waals surface area contributed by atoms with Gasteiger partial charge in [-0.2, -0.15) is 11.8 Å². The summed E-state index contributed by atoms with van der Waals surface area (Å²) in [7, 11) is 2.05. The van der Waals surface area contributed by atoms with Crippen molar-refractivity contribution in [3.63, 3.8) is 0 Å². The molecule has 1 aromatic rings. The van der Waals surface area contributed by atoms with Crippen molar-refractivity contribution in [3.8, 4) is 0 Å². The van der Waals surface area contributed by atoms with Gasteiger partial charge in [-0.15, -0.1) is 0 Å². The molecular weight excluding hydrogens is 214 g/mol. The Bertz CT molecular complexity index is 294. The first kappa shape index (κ1) is 13.6. The van der Waals surface area contributed by atoms with Crippen LogP contribution in [0, 0.1) is 6.92 Å². The van der Waals surface area contributed by atoms with E-state index in [0.717, 1.165) is 0 Å². The highest BCUT2D eigenvalue weighted by atomic mass is 32.2. The van der Waals surface area contributed by atoms with Gasteiger partial charge in [-0.1, -0.05) is 43.7 Å². The van der Waals surface area contributed by atoms with Gasteiger partial charge in [0.25, 0.3) is 0 Å². The Morgan fingerprint density at radius 1 is 1.25 bits per heavy atom. The van der Waals surface area contributed by atoms with Gasteiger partial charge in [-0.25, -0.2) is 0 Å². The first-order valence-corrected chi connectivity index (χ1v) is 7.09.